The van der Waals surface area contributed by atoms with Gasteiger partial charge in [-0.1, -0.05) is 12.1 Å². The molecule has 1 atom stereocenters. The number of hydrogen-bond acceptors (Lipinski definition) is 6. The van der Waals surface area contributed by atoms with Crippen molar-refractivity contribution in [1.29, 1.82) is 0 Å². The monoisotopic (exact) mass is 542 g/mol. The van der Waals surface area contributed by atoms with E-state index in [9.17, 15) is 0 Å². The summed E-state index contributed by atoms with van der Waals surface area (Å²) in [5.41, 5.74) is 7.64. The Kier molecular flexibility index (Phi) is 8.58. The molecule has 0 amide bonds. The van der Waals surface area contributed by atoms with Gasteiger partial charge in [0.25, 0.3) is 0 Å². The highest BCUT2D eigenvalue weighted by Crippen LogP contribution is 2.28. The van der Waals surface area contributed by atoms with Crippen molar-refractivity contribution in [1.82, 2.24) is 14.8 Å². The molecule has 2 N–H and O–H groups in total. The molecule has 164 valence electrons. The van der Waals surface area contributed by atoms with Crippen LogP contribution in [0.5, 0.6) is 5.75 Å². The molecule has 0 spiro atoms. The molecule has 30 heavy (non-hydrogen) atoms. The number of likely N-dealkylation sites (tertiary alicyclic amines) is 1. The van der Waals surface area contributed by atoms with Gasteiger partial charge in [-0.05, 0) is 43.6 Å². The van der Waals surface area contributed by atoms with Crippen molar-refractivity contribution < 1.29 is 4.74 Å². The van der Waals surface area contributed by atoms with Crippen LogP contribution in [0.1, 0.15) is 24.4 Å². The van der Waals surface area contributed by atoms with Gasteiger partial charge >= 0.3 is 0 Å². The van der Waals surface area contributed by atoms with Gasteiger partial charge in [0.1, 0.15) is 5.75 Å². The minimum atomic E-state index is 0. The number of aliphatic imine (C=N–C) groups is 1. The van der Waals surface area contributed by atoms with Gasteiger partial charge in [-0.25, -0.2) is 4.98 Å². The maximum atomic E-state index is 6.39. The van der Waals surface area contributed by atoms with Gasteiger partial charge < -0.3 is 20.3 Å². The molecule has 1 aromatic heterocycles. The highest BCUT2D eigenvalue weighted by molar-refractivity contribution is 14.0. The van der Waals surface area contributed by atoms with E-state index in [1.54, 1.807) is 18.4 Å². The summed E-state index contributed by atoms with van der Waals surface area (Å²) in [7, 11) is 1.71. The minimum absolute atomic E-state index is 0. The third kappa shape index (κ3) is 5.55. The number of hydrogen-bond donors (Lipinski definition) is 1. The maximum absolute atomic E-state index is 6.39. The lowest BCUT2D eigenvalue weighted by atomic mass is 10.1. The molecule has 0 saturated carbocycles. The number of ether oxygens (including phenoxy) is 1. The molecule has 0 radical (unpaired) electrons. The Labute approximate surface area is 199 Å². The number of methoxy groups -OCH3 is 1. The lowest BCUT2D eigenvalue weighted by Crippen LogP contribution is -2.51. The SMILES string of the molecule is COc1cccc(C(CN=C(N)N2CCN(c3nccs3)CC2)N2CCCC2)c1.I. The van der Waals surface area contributed by atoms with E-state index in [2.05, 4.69) is 37.9 Å². The Morgan fingerprint density at radius 3 is 2.63 bits per heavy atom. The Morgan fingerprint density at radius 1 is 1.20 bits per heavy atom. The summed E-state index contributed by atoms with van der Waals surface area (Å²) in [6.07, 6.45) is 4.36. The summed E-state index contributed by atoms with van der Waals surface area (Å²) in [5, 5.41) is 3.11. The van der Waals surface area contributed by atoms with Crippen LogP contribution < -0.4 is 15.4 Å². The fraction of sp³-hybridized carbons (Fsp3) is 0.524. The lowest BCUT2D eigenvalue weighted by molar-refractivity contribution is 0.250. The van der Waals surface area contributed by atoms with Gasteiger partial charge in [0.15, 0.2) is 11.1 Å². The van der Waals surface area contributed by atoms with E-state index in [4.69, 9.17) is 15.5 Å². The second kappa shape index (κ2) is 11.1. The first-order chi connectivity index (χ1) is 14.2. The van der Waals surface area contributed by atoms with Crippen molar-refractivity contribution in [3.8, 4) is 5.75 Å². The highest BCUT2D eigenvalue weighted by atomic mass is 127. The van der Waals surface area contributed by atoms with Gasteiger partial charge in [-0.3, -0.25) is 9.89 Å². The number of anilines is 1. The standard InChI is InChI=1S/C21H30N6OS.HI/c1-28-18-6-4-5-17(15-18)19(25-8-2-3-9-25)16-24-20(22)26-10-12-27(13-11-26)21-23-7-14-29-21;/h4-7,14-15,19H,2-3,8-13,16H2,1H3,(H2,22,24);1H. The van der Waals surface area contributed by atoms with Crippen LogP contribution in [0, 0.1) is 0 Å². The van der Waals surface area contributed by atoms with Crippen LogP contribution in [0.15, 0.2) is 40.8 Å². The molecule has 9 heteroatoms. The van der Waals surface area contributed by atoms with Crippen molar-refractivity contribution in [3.05, 3.63) is 41.4 Å². The Balaban J connectivity index is 0.00000256. The van der Waals surface area contributed by atoms with Crippen molar-refractivity contribution >= 4 is 46.4 Å². The van der Waals surface area contributed by atoms with Crippen LogP contribution in [0.4, 0.5) is 5.13 Å². The Hall–Kier alpha value is -1.59. The van der Waals surface area contributed by atoms with E-state index in [0.717, 1.165) is 50.1 Å². The number of benzene rings is 1. The molecule has 3 heterocycles. The summed E-state index contributed by atoms with van der Waals surface area (Å²) in [6.45, 7) is 6.51. The normalized spacial score (nSPS) is 18.9. The number of nitrogens with zero attached hydrogens (tertiary/aromatic N) is 5. The average molecular weight is 542 g/mol. The van der Waals surface area contributed by atoms with Gasteiger partial charge in [-0.2, -0.15) is 0 Å². The van der Waals surface area contributed by atoms with Crippen LogP contribution in [0.3, 0.4) is 0 Å². The molecular formula is C21H31IN6OS. The number of thiazole rings is 1. The molecule has 4 rings (SSSR count). The van der Waals surface area contributed by atoms with E-state index in [0.29, 0.717) is 12.5 Å². The van der Waals surface area contributed by atoms with E-state index < -0.39 is 0 Å². The predicted octanol–water partition coefficient (Wildman–Crippen LogP) is 3.04. The van der Waals surface area contributed by atoms with E-state index >= 15 is 0 Å². The molecular weight excluding hydrogens is 511 g/mol. The van der Waals surface area contributed by atoms with E-state index in [1.807, 2.05) is 17.6 Å². The maximum Gasteiger partial charge on any atom is 0.191 e. The number of rotatable bonds is 6. The Morgan fingerprint density at radius 2 is 1.97 bits per heavy atom. The number of nitrogens with two attached hydrogens (primary N) is 1. The van der Waals surface area contributed by atoms with E-state index in [1.165, 1.54) is 18.4 Å². The topological polar surface area (TPSA) is 70.2 Å². The van der Waals surface area contributed by atoms with Crippen LogP contribution in [-0.4, -0.2) is 73.7 Å². The van der Waals surface area contributed by atoms with Crippen LogP contribution in [0.2, 0.25) is 0 Å². The molecule has 0 bridgehead atoms. The molecule has 2 aliphatic heterocycles. The molecule has 7 nitrogen and oxygen atoms in total. The molecule has 2 aromatic rings. The zero-order valence-electron chi connectivity index (χ0n) is 17.4. The second-order valence-electron chi connectivity index (χ2n) is 7.52. The van der Waals surface area contributed by atoms with Crippen LogP contribution in [-0.2, 0) is 0 Å². The minimum Gasteiger partial charge on any atom is -0.497 e. The quantitative estimate of drug-likeness (QED) is 0.344. The van der Waals surface area contributed by atoms with Crippen molar-refractivity contribution in [2.45, 2.75) is 18.9 Å². The van der Waals surface area contributed by atoms with Gasteiger partial charge in [0.05, 0.1) is 19.7 Å². The van der Waals surface area contributed by atoms with Gasteiger partial charge in [-0.15, -0.1) is 35.3 Å². The lowest BCUT2D eigenvalue weighted by Gasteiger charge is -2.35. The van der Waals surface area contributed by atoms with Crippen molar-refractivity contribution in [3.63, 3.8) is 0 Å². The number of aromatic nitrogens is 1. The first-order valence-corrected chi connectivity index (χ1v) is 11.2. The van der Waals surface area contributed by atoms with Gasteiger partial charge in [0.2, 0.25) is 0 Å². The molecule has 1 aromatic carbocycles. The van der Waals surface area contributed by atoms with Gasteiger partial charge in [0, 0.05) is 37.8 Å². The number of guanidine groups is 1. The summed E-state index contributed by atoms with van der Waals surface area (Å²) >= 11 is 1.69. The summed E-state index contributed by atoms with van der Waals surface area (Å²) < 4.78 is 5.43. The smallest absolute Gasteiger partial charge is 0.191 e. The largest absolute Gasteiger partial charge is 0.497 e. The fourth-order valence-electron chi connectivity index (χ4n) is 4.11. The van der Waals surface area contributed by atoms with Crippen molar-refractivity contribution in [2.24, 2.45) is 10.7 Å². The molecule has 2 aliphatic rings. The number of piperazine rings is 1. The molecule has 1 unspecified atom stereocenters. The zero-order valence-corrected chi connectivity index (χ0v) is 20.6. The third-order valence-electron chi connectivity index (χ3n) is 5.78. The van der Waals surface area contributed by atoms with Crippen LogP contribution >= 0.6 is 35.3 Å². The second-order valence-corrected chi connectivity index (χ2v) is 8.40. The average Bonchev–Trinajstić information content (AvgIpc) is 3.49. The molecule has 2 saturated heterocycles. The zero-order chi connectivity index (χ0) is 20.1. The third-order valence-corrected chi connectivity index (χ3v) is 6.61. The fourth-order valence-corrected chi connectivity index (χ4v) is 4.81. The molecule has 0 aliphatic carbocycles. The highest BCUT2D eigenvalue weighted by Gasteiger charge is 2.25. The predicted molar refractivity (Wildman–Crippen MR) is 134 cm³/mol. The van der Waals surface area contributed by atoms with Crippen molar-refractivity contribution in [2.75, 3.05) is 57.8 Å². The first kappa shape index (κ1) is 23.1. The Bertz CT molecular complexity index is 804. The van der Waals surface area contributed by atoms with E-state index in [-0.39, 0.29) is 30.0 Å². The summed E-state index contributed by atoms with van der Waals surface area (Å²) in [5.74, 6) is 1.54. The number of halogens is 1. The molecule has 2 fully saturated rings. The van der Waals surface area contributed by atoms with Crippen LogP contribution in [0.25, 0.3) is 0 Å². The summed E-state index contributed by atoms with van der Waals surface area (Å²) in [4.78, 5) is 16.3. The first-order valence-electron chi connectivity index (χ1n) is 10.3. The summed E-state index contributed by atoms with van der Waals surface area (Å²) in [6, 6.07) is 8.58.